The van der Waals surface area contributed by atoms with E-state index in [1.165, 1.54) is 0 Å². The zero-order chi connectivity index (χ0) is 18.5. The van der Waals surface area contributed by atoms with Crippen LogP contribution in [0.3, 0.4) is 0 Å². The predicted molar refractivity (Wildman–Crippen MR) is 74.8 cm³/mol. The summed E-state index contributed by atoms with van der Waals surface area (Å²) in [6.07, 6.45) is -5.12. The van der Waals surface area contributed by atoms with Crippen LogP contribution < -0.4 is 0 Å². The average molecular weight is 364 g/mol. The van der Waals surface area contributed by atoms with Crippen LogP contribution in [0.2, 0.25) is 0 Å². The molecule has 0 radical (unpaired) electrons. The van der Waals surface area contributed by atoms with Crippen molar-refractivity contribution in [1.29, 1.82) is 0 Å². The van der Waals surface area contributed by atoms with E-state index >= 15 is 0 Å². The number of esters is 3. The van der Waals surface area contributed by atoms with Gasteiger partial charge in [0, 0.05) is 11.8 Å². The summed E-state index contributed by atoms with van der Waals surface area (Å²) in [5.74, 6) is -5.30. The molecule has 7 atom stereocenters. The molecule has 3 fully saturated rings. The van der Waals surface area contributed by atoms with E-state index in [2.05, 4.69) is 4.74 Å². The topological polar surface area (TPSA) is 78.9 Å². The summed E-state index contributed by atoms with van der Waals surface area (Å²) in [7, 11) is 0. The van der Waals surface area contributed by atoms with Crippen molar-refractivity contribution in [2.45, 2.75) is 45.1 Å². The normalized spacial score (nSPS) is 36.9. The molecule has 2 bridgehead atoms. The number of carbonyl (C=O) groups excluding carboxylic acids is 3. The minimum Gasteiger partial charge on any atom is -0.458 e. The SMILES string of the molecule is CCC(C)C(=O)OC1C2CC3C1OC(=O)C3C2C(=O)OCC(F)(F)F. The minimum atomic E-state index is -4.64. The summed E-state index contributed by atoms with van der Waals surface area (Å²) in [5, 5.41) is 0. The Kier molecular flexibility index (Phi) is 4.45. The number of carbonyl (C=O) groups is 3. The van der Waals surface area contributed by atoms with Gasteiger partial charge in [0.25, 0.3) is 0 Å². The van der Waals surface area contributed by atoms with E-state index in [4.69, 9.17) is 9.47 Å². The van der Waals surface area contributed by atoms with Gasteiger partial charge in [0.1, 0.15) is 12.2 Å². The van der Waals surface area contributed by atoms with Crippen LogP contribution in [0, 0.1) is 29.6 Å². The zero-order valence-corrected chi connectivity index (χ0v) is 13.7. The van der Waals surface area contributed by atoms with Crippen LogP contribution in [0.4, 0.5) is 13.2 Å². The van der Waals surface area contributed by atoms with Crippen molar-refractivity contribution >= 4 is 17.9 Å². The van der Waals surface area contributed by atoms with Crippen LogP contribution in [-0.4, -0.2) is 42.9 Å². The average Bonchev–Trinajstić information content (AvgIpc) is 3.14. The van der Waals surface area contributed by atoms with E-state index in [9.17, 15) is 27.6 Å². The smallest absolute Gasteiger partial charge is 0.422 e. The van der Waals surface area contributed by atoms with Crippen molar-refractivity contribution in [3.05, 3.63) is 0 Å². The number of ether oxygens (including phenoxy) is 3. The highest BCUT2D eigenvalue weighted by Gasteiger charge is 2.70. The highest BCUT2D eigenvalue weighted by Crippen LogP contribution is 2.59. The lowest BCUT2D eigenvalue weighted by molar-refractivity contribution is -0.193. The first-order chi connectivity index (χ1) is 11.6. The summed E-state index contributed by atoms with van der Waals surface area (Å²) >= 11 is 0. The maximum Gasteiger partial charge on any atom is 0.422 e. The molecule has 0 aromatic rings. The predicted octanol–water partition coefficient (Wildman–Crippen LogP) is 1.86. The fraction of sp³-hybridized carbons (Fsp3) is 0.812. The van der Waals surface area contributed by atoms with Crippen LogP contribution in [0.1, 0.15) is 26.7 Å². The van der Waals surface area contributed by atoms with Gasteiger partial charge in [-0.05, 0) is 12.8 Å². The van der Waals surface area contributed by atoms with Gasteiger partial charge in [-0.2, -0.15) is 13.2 Å². The lowest BCUT2D eigenvalue weighted by atomic mass is 9.78. The number of hydrogen-bond acceptors (Lipinski definition) is 6. The molecule has 3 aliphatic rings. The minimum absolute atomic E-state index is 0.323. The molecule has 2 saturated carbocycles. The Labute approximate surface area is 142 Å². The zero-order valence-electron chi connectivity index (χ0n) is 13.7. The second kappa shape index (κ2) is 6.17. The molecule has 7 unspecified atom stereocenters. The molecule has 9 heteroatoms. The molecule has 0 spiro atoms. The highest BCUT2D eigenvalue weighted by molar-refractivity contribution is 5.86. The molecular formula is C16H19F3O6. The highest BCUT2D eigenvalue weighted by atomic mass is 19.4. The first kappa shape index (κ1) is 18.0. The van der Waals surface area contributed by atoms with Crippen LogP contribution in [-0.2, 0) is 28.6 Å². The molecule has 1 aliphatic heterocycles. The van der Waals surface area contributed by atoms with Gasteiger partial charge in [-0.3, -0.25) is 14.4 Å². The number of rotatable bonds is 5. The van der Waals surface area contributed by atoms with Crippen LogP contribution >= 0.6 is 0 Å². The number of hydrogen-bond donors (Lipinski definition) is 0. The standard InChI is InChI=1S/C16H19F3O6/c1-3-6(2)13(20)24-11-7-4-8-10(15(22)25-12(8)11)9(7)14(21)23-5-16(17,18)19/h6-12H,3-5H2,1-2H3. The third-order valence-corrected chi connectivity index (χ3v) is 5.46. The lowest BCUT2D eigenvalue weighted by Gasteiger charge is -2.30. The Morgan fingerprint density at radius 1 is 1.32 bits per heavy atom. The summed E-state index contributed by atoms with van der Waals surface area (Å²) in [5.41, 5.74) is 0. The van der Waals surface area contributed by atoms with Crippen LogP contribution in [0.15, 0.2) is 0 Å². The maximum atomic E-state index is 12.3. The van der Waals surface area contributed by atoms with Crippen molar-refractivity contribution in [2.75, 3.05) is 6.61 Å². The number of halogens is 3. The lowest BCUT2D eigenvalue weighted by Crippen LogP contribution is -2.44. The molecule has 1 heterocycles. The first-order valence-corrected chi connectivity index (χ1v) is 8.28. The quantitative estimate of drug-likeness (QED) is 0.547. The van der Waals surface area contributed by atoms with Gasteiger partial charge in [0.2, 0.25) is 0 Å². The Balaban J connectivity index is 1.75. The van der Waals surface area contributed by atoms with Crippen molar-refractivity contribution in [3.63, 3.8) is 0 Å². The Morgan fingerprint density at radius 3 is 2.60 bits per heavy atom. The molecule has 25 heavy (non-hydrogen) atoms. The largest absolute Gasteiger partial charge is 0.458 e. The molecule has 6 nitrogen and oxygen atoms in total. The summed E-state index contributed by atoms with van der Waals surface area (Å²) in [6, 6.07) is 0. The van der Waals surface area contributed by atoms with Gasteiger partial charge in [-0.15, -0.1) is 0 Å². The fourth-order valence-electron chi connectivity index (χ4n) is 4.13. The van der Waals surface area contributed by atoms with Gasteiger partial charge in [0.15, 0.2) is 6.61 Å². The molecule has 1 saturated heterocycles. The van der Waals surface area contributed by atoms with Crippen molar-refractivity contribution in [2.24, 2.45) is 29.6 Å². The molecule has 0 aromatic heterocycles. The molecule has 0 N–H and O–H groups in total. The second-order valence-corrected chi connectivity index (χ2v) is 6.95. The van der Waals surface area contributed by atoms with E-state index in [1.807, 2.05) is 6.92 Å². The summed E-state index contributed by atoms with van der Waals surface area (Å²) < 4.78 is 51.9. The van der Waals surface area contributed by atoms with Crippen molar-refractivity contribution in [1.82, 2.24) is 0 Å². The monoisotopic (exact) mass is 364 g/mol. The molecule has 0 aromatic carbocycles. The number of alkyl halides is 3. The van der Waals surface area contributed by atoms with E-state index < -0.39 is 60.7 Å². The van der Waals surface area contributed by atoms with Gasteiger partial charge in [0.05, 0.1) is 17.8 Å². The van der Waals surface area contributed by atoms with Gasteiger partial charge < -0.3 is 14.2 Å². The summed E-state index contributed by atoms with van der Waals surface area (Å²) in [4.78, 5) is 36.3. The van der Waals surface area contributed by atoms with Crippen molar-refractivity contribution < 1.29 is 41.8 Å². The van der Waals surface area contributed by atoms with E-state index in [1.54, 1.807) is 6.92 Å². The third kappa shape index (κ3) is 3.08. The summed E-state index contributed by atoms with van der Waals surface area (Å²) in [6.45, 7) is 1.80. The maximum absolute atomic E-state index is 12.3. The second-order valence-electron chi connectivity index (χ2n) is 6.95. The van der Waals surface area contributed by atoms with Gasteiger partial charge >= 0.3 is 24.1 Å². The molecule has 3 rings (SSSR count). The Morgan fingerprint density at radius 2 is 2.00 bits per heavy atom. The van der Waals surface area contributed by atoms with E-state index in [-0.39, 0.29) is 11.8 Å². The van der Waals surface area contributed by atoms with Gasteiger partial charge in [-0.1, -0.05) is 13.8 Å². The Hall–Kier alpha value is -1.80. The molecule has 2 aliphatic carbocycles. The third-order valence-electron chi connectivity index (χ3n) is 5.46. The van der Waals surface area contributed by atoms with Gasteiger partial charge in [-0.25, -0.2) is 0 Å². The van der Waals surface area contributed by atoms with E-state index in [0.717, 1.165) is 0 Å². The molecule has 0 amide bonds. The van der Waals surface area contributed by atoms with Crippen LogP contribution in [0.5, 0.6) is 0 Å². The Bertz CT molecular complexity index is 589. The van der Waals surface area contributed by atoms with Crippen molar-refractivity contribution in [3.8, 4) is 0 Å². The molecule has 140 valence electrons. The number of fused-ring (bicyclic) bond motifs is 1. The fourth-order valence-corrected chi connectivity index (χ4v) is 4.13. The molecular weight excluding hydrogens is 345 g/mol. The van der Waals surface area contributed by atoms with Crippen LogP contribution in [0.25, 0.3) is 0 Å². The van der Waals surface area contributed by atoms with E-state index in [0.29, 0.717) is 12.8 Å². The first-order valence-electron chi connectivity index (χ1n) is 8.28.